The third kappa shape index (κ3) is 6.27. The average Bonchev–Trinajstić information content (AvgIpc) is 2.53. The summed E-state index contributed by atoms with van der Waals surface area (Å²) in [4.78, 5) is 11.7. The molecule has 0 aromatic heterocycles. The van der Waals surface area contributed by atoms with E-state index in [2.05, 4.69) is 26.5 Å². The molecule has 2 aromatic carbocycles. The smallest absolute Gasteiger partial charge is 0.318 e. The van der Waals surface area contributed by atoms with Crippen molar-refractivity contribution in [2.75, 3.05) is 0 Å². The molecule has 0 fully saturated rings. The van der Waals surface area contributed by atoms with Crippen molar-refractivity contribution in [3.63, 3.8) is 0 Å². The monoisotopic (exact) mass is 390 g/mol. The lowest BCUT2D eigenvalue weighted by Gasteiger charge is -2.27. The summed E-state index contributed by atoms with van der Waals surface area (Å²) >= 11 is 4.19. The number of carbonyl (C=O) groups excluding carboxylic acids is 1. The molecule has 2 rings (SSSR count). The van der Waals surface area contributed by atoms with Crippen LogP contribution < -0.4 is 9.47 Å². The van der Waals surface area contributed by atoms with Crippen molar-refractivity contribution in [2.24, 2.45) is 0 Å². The zero-order chi connectivity index (χ0) is 20.2. The van der Waals surface area contributed by atoms with Gasteiger partial charge < -0.3 is 19.7 Å². The average molecular weight is 391 g/mol. The summed E-state index contributed by atoms with van der Waals surface area (Å²) < 4.78 is 10.3. The largest absolute Gasteiger partial charge is 0.439 e. The van der Waals surface area contributed by atoms with E-state index in [9.17, 15) is 15.0 Å². The minimum Gasteiger partial charge on any atom is -0.439 e. The van der Waals surface area contributed by atoms with Crippen LogP contribution in [0, 0.1) is 0 Å². The van der Waals surface area contributed by atoms with Crippen LogP contribution in [0.1, 0.15) is 45.2 Å². The normalized spacial score (nSPS) is 13.1. The SMILES string of the molecule is CC(S)CC(=O)Oc1ccc(C(C)(C)c2ccc(OC(C)(O)O)cc2)cc1. The minimum absolute atomic E-state index is 0.0443. The Morgan fingerprint density at radius 1 is 0.963 bits per heavy atom. The molecular formula is C21H26O5S. The van der Waals surface area contributed by atoms with Crippen molar-refractivity contribution in [3.05, 3.63) is 59.7 Å². The molecular weight excluding hydrogens is 364 g/mol. The van der Waals surface area contributed by atoms with E-state index in [1.807, 2.05) is 31.2 Å². The summed E-state index contributed by atoms with van der Waals surface area (Å²) in [6.45, 7) is 7.15. The Hall–Kier alpha value is -2.02. The van der Waals surface area contributed by atoms with Crippen LogP contribution >= 0.6 is 12.6 Å². The van der Waals surface area contributed by atoms with Crippen molar-refractivity contribution in [3.8, 4) is 11.5 Å². The first-order chi connectivity index (χ1) is 12.5. The molecule has 0 aliphatic rings. The van der Waals surface area contributed by atoms with Gasteiger partial charge in [0, 0.05) is 17.6 Å². The molecule has 5 nitrogen and oxygen atoms in total. The fourth-order valence-electron chi connectivity index (χ4n) is 2.68. The molecule has 0 aliphatic heterocycles. The van der Waals surface area contributed by atoms with E-state index in [4.69, 9.17) is 9.47 Å². The Kier molecular flexibility index (Phi) is 6.57. The van der Waals surface area contributed by atoms with Crippen LogP contribution in [0.25, 0.3) is 0 Å². The molecule has 0 saturated carbocycles. The van der Waals surface area contributed by atoms with E-state index < -0.39 is 5.97 Å². The van der Waals surface area contributed by atoms with Gasteiger partial charge in [0.1, 0.15) is 11.5 Å². The van der Waals surface area contributed by atoms with Gasteiger partial charge in [-0.25, -0.2) is 0 Å². The highest BCUT2D eigenvalue weighted by Crippen LogP contribution is 2.33. The van der Waals surface area contributed by atoms with Gasteiger partial charge in [-0.1, -0.05) is 45.0 Å². The molecule has 0 bridgehead atoms. The van der Waals surface area contributed by atoms with E-state index in [-0.39, 0.29) is 23.1 Å². The van der Waals surface area contributed by atoms with Crippen LogP contribution in [0.15, 0.2) is 48.5 Å². The summed E-state index contributed by atoms with van der Waals surface area (Å²) in [6, 6.07) is 14.5. The van der Waals surface area contributed by atoms with Crippen molar-refractivity contribution in [2.45, 2.75) is 50.8 Å². The number of hydrogen-bond donors (Lipinski definition) is 3. The van der Waals surface area contributed by atoms with Gasteiger partial charge in [0.15, 0.2) is 0 Å². The van der Waals surface area contributed by atoms with Crippen LogP contribution in [0.3, 0.4) is 0 Å². The molecule has 0 amide bonds. The molecule has 27 heavy (non-hydrogen) atoms. The molecule has 0 heterocycles. The zero-order valence-electron chi connectivity index (χ0n) is 16.0. The van der Waals surface area contributed by atoms with Crippen LogP contribution in [-0.4, -0.2) is 27.4 Å². The molecule has 2 N–H and O–H groups in total. The number of ether oxygens (including phenoxy) is 2. The highest BCUT2D eigenvalue weighted by molar-refractivity contribution is 7.80. The second-order valence-electron chi connectivity index (χ2n) is 7.24. The first-order valence-corrected chi connectivity index (χ1v) is 9.22. The molecule has 0 aliphatic carbocycles. The van der Waals surface area contributed by atoms with Crippen LogP contribution in [0.5, 0.6) is 11.5 Å². The van der Waals surface area contributed by atoms with Crippen molar-refractivity contribution < 1.29 is 24.5 Å². The number of aliphatic hydroxyl groups is 2. The van der Waals surface area contributed by atoms with E-state index in [1.54, 1.807) is 24.3 Å². The van der Waals surface area contributed by atoms with E-state index >= 15 is 0 Å². The van der Waals surface area contributed by atoms with Crippen LogP contribution in [0.4, 0.5) is 0 Å². The van der Waals surface area contributed by atoms with Gasteiger partial charge in [0.05, 0.1) is 6.42 Å². The van der Waals surface area contributed by atoms with Gasteiger partial charge in [-0.05, 0) is 35.4 Å². The van der Waals surface area contributed by atoms with Crippen molar-refractivity contribution >= 4 is 18.6 Å². The van der Waals surface area contributed by atoms with Gasteiger partial charge >= 0.3 is 11.9 Å². The molecule has 1 atom stereocenters. The summed E-state index contributed by atoms with van der Waals surface area (Å²) in [6.07, 6.45) is 0.255. The molecule has 0 radical (unpaired) electrons. The van der Waals surface area contributed by atoms with Gasteiger partial charge in [-0.2, -0.15) is 12.6 Å². The lowest BCUT2D eigenvalue weighted by atomic mass is 9.78. The third-order valence-corrected chi connectivity index (χ3v) is 4.34. The van der Waals surface area contributed by atoms with Crippen molar-refractivity contribution in [1.82, 2.24) is 0 Å². The zero-order valence-corrected chi connectivity index (χ0v) is 16.9. The Labute approximate surface area is 165 Å². The topological polar surface area (TPSA) is 76.0 Å². The highest BCUT2D eigenvalue weighted by atomic mass is 32.1. The molecule has 2 aromatic rings. The molecule has 146 valence electrons. The van der Waals surface area contributed by atoms with Gasteiger partial charge in [0.25, 0.3) is 0 Å². The number of carbonyl (C=O) groups is 1. The standard InChI is InChI=1S/C21H26O5S/c1-14(27)13-19(22)25-17-9-5-15(6-10-17)20(2,3)16-7-11-18(12-8-16)26-21(4,23)24/h5-12,14,23-24,27H,13H2,1-4H3. The lowest BCUT2D eigenvalue weighted by molar-refractivity contribution is -0.277. The first kappa shape index (κ1) is 21.3. The van der Waals surface area contributed by atoms with E-state index in [0.717, 1.165) is 18.1 Å². The first-order valence-electron chi connectivity index (χ1n) is 8.71. The lowest BCUT2D eigenvalue weighted by Crippen LogP contribution is -2.30. The van der Waals surface area contributed by atoms with Gasteiger partial charge in [0.2, 0.25) is 0 Å². The van der Waals surface area contributed by atoms with Crippen molar-refractivity contribution in [1.29, 1.82) is 0 Å². The Morgan fingerprint density at radius 3 is 1.81 bits per heavy atom. The molecule has 1 unspecified atom stereocenters. The summed E-state index contributed by atoms with van der Waals surface area (Å²) in [7, 11) is 0. The maximum atomic E-state index is 11.7. The molecule has 6 heteroatoms. The van der Waals surface area contributed by atoms with Crippen LogP contribution in [-0.2, 0) is 10.2 Å². The summed E-state index contributed by atoms with van der Waals surface area (Å²) in [5.41, 5.74) is 1.77. The fraction of sp³-hybridized carbons (Fsp3) is 0.381. The summed E-state index contributed by atoms with van der Waals surface area (Å²) in [5, 5.41) is 18.6. The number of benzene rings is 2. The molecule has 0 spiro atoms. The number of rotatable bonds is 7. The van der Waals surface area contributed by atoms with Gasteiger partial charge in [-0.15, -0.1) is 0 Å². The van der Waals surface area contributed by atoms with E-state index in [1.165, 1.54) is 0 Å². The minimum atomic E-state index is -2.21. The quantitative estimate of drug-likeness (QED) is 0.291. The maximum Gasteiger partial charge on any atom is 0.318 e. The predicted octanol–water partition coefficient (Wildman–Crippen LogP) is 3.66. The number of esters is 1. The van der Waals surface area contributed by atoms with E-state index in [0.29, 0.717) is 11.5 Å². The number of thiol groups is 1. The second kappa shape index (κ2) is 8.33. The van der Waals surface area contributed by atoms with Gasteiger partial charge in [-0.3, -0.25) is 4.79 Å². The number of hydrogen-bond acceptors (Lipinski definition) is 6. The summed E-state index contributed by atoms with van der Waals surface area (Å²) in [5.74, 6) is -1.65. The Morgan fingerprint density at radius 2 is 1.41 bits per heavy atom. The molecule has 0 saturated heterocycles. The Balaban J connectivity index is 2.13. The maximum absolute atomic E-state index is 11.7. The highest BCUT2D eigenvalue weighted by Gasteiger charge is 2.24. The fourth-order valence-corrected chi connectivity index (χ4v) is 2.83. The second-order valence-corrected chi connectivity index (χ2v) is 8.12. The third-order valence-electron chi connectivity index (χ3n) is 4.16. The van der Waals surface area contributed by atoms with Crippen LogP contribution in [0.2, 0.25) is 0 Å². The predicted molar refractivity (Wildman–Crippen MR) is 107 cm³/mol. The Bertz CT molecular complexity index is 759.